The molecule has 0 aliphatic heterocycles. The molecule has 1 heterocycles. The summed E-state index contributed by atoms with van der Waals surface area (Å²) in [5, 5.41) is 14.3. The molecule has 0 aromatic carbocycles. The summed E-state index contributed by atoms with van der Waals surface area (Å²) >= 11 is 0. The third-order valence-electron chi connectivity index (χ3n) is 2.87. The topological polar surface area (TPSA) is 101 Å². The molecule has 1 aromatic heterocycles. The number of carbonyl (C=O) groups excluding carboxylic acids is 1. The lowest BCUT2D eigenvalue weighted by molar-refractivity contribution is -0.144. The van der Waals surface area contributed by atoms with E-state index in [1.165, 1.54) is 19.3 Å². The molecule has 0 bridgehead atoms. The summed E-state index contributed by atoms with van der Waals surface area (Å²) in [6.07, 6.45) is 2.94. The summed E-state index contributed by atoms with van der Waals surface area (Å²) in [4.78, 5) is 23.1. The van der Waals surface area contributed by atoms with Crippen molar-refractivity contribution in [2.24, 2.45) is 0 Å². The minimum absolute atomic E-state index is 0.166. The van der Waals surface area contributed by atoms with Gasteiger partial charge in [0.1, 0.15) is 5.76 Å². The summed E-state index contributed by atoms with van der Waals surface area (Å²) in [6.45, 7) is 2.45. The number of rotatable bonds is 8. The predicted octanol–water partition coefficient (Wildman–Crippen LogP) is 1.31. The summed E-state index contributed by atoms with van der Waals surface area (Å²) in [5.74, 6) is -1.03. The maximum Gasteiger partial charge on any atom is 0.337 e. The van der Waals surface area contributed by atoms with Crippen molar-refractivity contribution in [2.45, 2.75) is 25.3 Å². The Bertz CT molecular complexity index is 432. The van der Waals surface area contributed by atoms with E-state index in [1.54, 1.807) is 13.2 Å². The van der Waals surface area contributed by atoms with Crippen molar-refractivity contribution in [2.75, 3.05) is 20.3 Å². The van der Waals surface area contributed by atoms with Crippen molar-refractivity contribution in [3.8, 4) is 0 Å². The van der Waals surface area contributed by atoms with Crippen LogP contribution in [-0.4, -0.2) is 37.4 Å². The third kappa shape index (κ3) is 4.27. The number of hydrogen-bond acceptors (Lipinski definition) is 4. The fourth-order valence-corrected chi connectivity index (χ4v) is 1.63. The molecular weight excluding hydrogens is 264 g/mol. The fraction of sp³-hybridized carbons (Fsp3) is 0.538. The Morgan fingerprint density at radius 1 is 1.45 bits per heavy atom. The van der Waals surface area contributed by atoms with Gasteiger partial charge in [0.05, 0.1) is 6.26 Å². The van der Waals surface area contributed by atoms with Gasteiger partial charge in [-0.05, 0) is 31.9 Å². The number of nitrogens with one attached hydrogen (secondary N) is 2. The number of furan rings is 1. The largest absolute Gasteiger partial charge is 0.479 e. The van der Waals surface area contributed by atoms with Crippen LogP contribution in [0.1, 0.15) is 25.5 Å². The van der Waals surface area contributed by atoms with E-state index in [-0.39, 0.29) is 5.76 Å². The Morgan fingerprint density at radius 3 is 2.75 bits per heavy atom. The van der Waals surface area contributed by atoms with Crippen LogP contribution in [0.4, 0.5) is 4.79 Å². The van der Waals surface area contributed by atoms with Gasteiger partial charge in [-0.3, -0.25) is 0 Å². The highest BCUT2D eigenvalue weighted by molar-refractivity contribution is 5.86. The lowest BCUT2D eigenvalue weighted by atomic mass is 9.99. The minimum atomic E-state index is -1.60. The molecule has 0 fully saturated rings. The van der Waals surface area contributed by atoms with Crippen molar-refractivity contribution in [3.05, 3.63) is 24.2 Å². The molecule has 0 saturated heterocycles. The van der Waals surface area contributed by atoms with Crippen LogP contribution in [0.25, 0.3) is 0 Å². The van der Waals surface area contributed by atoms with Gasteiger partial charge >= 0.3 is 12.0 Å². The number of carbonyl (C=O) groups is 2. The fourth-order valence-electron chi connectivity index (χ4n) is 1.63. The molecular formula is C13H20N2O5. The number of unbranched alkanes of at least 4 members (excludes halogenated alkanes) is 1. The van der Waals surface area contributed by atoms with Crippen molar-refractivity contribution in [1.29, 1.82) is 0 Å². The van der Waals surface area contributed by atoms with Gasteiger partial charge in [-0.2, -0.15) is 0 Å². The maximum absolute atomic E-state index is 11.7. The van der Waals surface area contributed by atoms with Gasteiger partial charge in [-0.15, -0.1) is 0 Å². The second-order valence-corrected chi connectivity index (χ2v) is 4.49. The monoisotopic (exact) mass is 284 g/mol. The molecule has 1 atom stereocenters. The molecule has 3 N–H and O–H groups in total. The minimum Gasteiger partial charge on any atom is -0.479 e. The van der Waals surface area contributed by atoms with Crippen molar-refractivity contribution < 1.29 is 23.8 Å². The summed E-state index contributed by atoms with van der Waals surface area (Å²) in [7, 11) is 1.61. The zero-order chi connectivity index (χ0) is 15.0. The number of urea groups is 1. The first kappa shape index (κ1) is 16.0. The average molecular weight is 284 g/mol. The highest BCUT2D eigenvalue weighted by atomic mass is 16.5. The third-order valence-corrected chi connectivity index (χ3v) is 2.87. The Hall–Kier alpha value is -2.02. The van der Waals surface area contributed by atoms with E-state index >= 15 is 0 Å². The van der Waals surface area contributed by atoms with E-state index in [0.717, 1.165) is 12.8 Å². The zero-order valence-corrected chi connectivity index (χ0v) is 11.6. The first-order chi connectivity index (χ1) is 9.50. The average Bonchev–Trinajstić information content (AvgIpc) is 2.92. The van der Waals surface area contributed by atoms with E-state index in [1.807, 2.05) is 0 Å². The second-order valence-electron chi connectivity index (χ2n) is 4.49. The molecule has 0 aliphatic rings. The number of carboxylic acids is 1. The number of methoxy groups -OCH3 is 1. The molecule has 0 spiro atoms. The molecule has 112 valence electrons. The van der Waals surface area contributed by atoms with Crippen molar-refractivity contribution in [3.63, 3.8) is 0 Å². The van der Waals surface area contributed by atoms with Crippen LogP contribution in [0.3, 0.4) is 0 Å². The highest BCUT2D eigenvalue weighted by Crippen LogP contribution is 2.21. The number of aliphatic carboxylic acids is 1. The number of amides is 2. The molecule has 20 heavy (non-hydrogen) atoms. The molecule has 1 unspecified atom stereocenters. The maximum atomic E-state index is 11.7. The van der Waals surface area contributed by atoms with Crippen LogP contribution >= 0.6 is 0 Å². The van der Waals surface area contributed by atoms with Crippen LogP contribution in [0.5, 0.6) is 0 Å². The summed E-state index contributed by atoms with van der Waals surface area (Å²) in [5.41, 5.74) is -1.60. The van der Waals surface area contributed by atoms with Crippen molar-refractivity contribution in [1.82, 2.24) is 10.6 Å². The number of ether oxygens (including phenoxy) is 1. The van der Waals surface area contributed by atoms with E-state index in [0.29, 0.717) is 13.2 Å². The smallest absolute Gasteiger partial charge is 0.337 e. The van der Waals surface area contributed by atoms with Crippen molar-refractivity contribution >= 4 is 12.0 Å². The second kappa shape index (κ2) is 7.54. The first-order valence-electron chi connectivity index (χ1n) is 6.33. The van der Waals surface area contributed by atoms with Gasteiger partial charge in [0.15, 0.2) is 5.54 Å². The van der Waals surface area contributed by atoms with Crippen LogP contribution in [-0.2, 0) is 15.1 Å². The Balaban J connectivity index is 2.51. The quantitative estimate of drug-likeness (QED) is 0.625. The van der Waals surface area contributed by atoms with Gasteiger partial charge < -0.3 is 24.9 Å². The molecule has 7 heteroatoms. The van der Waals surface area contributed by atoms with Gasteiger partial charge in [-0.25, -0.2) is 9.59 Å². The Kier molecular flexibility index (Phi) is 6.05. The van der Waals surface area contributed by atoms with E-state index in [9.17, 15) is 14.7 Å². The van der Waals surface area contributed by atoms with Gasteiger partial charge in [0.25, 0.3) is 0 Å². The Labute approximate surface area is 117 Å². The lowest BCUT2D eigenvalue weighted by Gasteiger charge is -2.24. The molecule has 1 aromatic rings. The van der Waals surface area contributed by atoms with Gasteiger partial charge in [0, 0.05) is 20.3 Å². The van der Waals surface area contributed by atoms with E-state index in [4.69, 9.17) is 9.15 Å². The van der Waals surface area contributed by atoms with Crippen LogP contribution < -0.4 is 10.6 Å². The molecule has 0 radical (unpaired) electrons. The highest BCUT2D eigenvalue weighted by Gasteiger charge is 2.39. The van der Waals surface area contributed by atoms with Crippen LogP contribution in [0.2, 0.25) is 0 Å². The van der Waals surface area contributed by atoms with E-state index < -0.39 is 17.5 Å². The number of carboxylic acid groups (broad SMARTS) is 1. The van der Waals surface area contributed by atoms with Gasteiger partial charge in [-0.1, -0.05) is 0 Å². The van der Waals surface area contributed by atoms with Crippen LogP contribution in [0, 0.1) is 0 Å². The Morgan fingerprint density at radius 2 is 2.20 bits per heavy atom. The SMILES string of the molecule is COCCCCNC(=O)NC(C)(C(=O)O)c1ccco1. The normalized spacial score (nSPS) is 13.5. The molecule has 1 rings (SSSR count). The summed E-state index contributed by atoms with van der Waals surface area (Å²) < 4.78 is 9.97. The summed E-state index contributed by atoms with van der Waals surface area (Å²) in [6, 6.07) is 2.53. The van der Waals surface area contributed by atoms with Gasteiger partial charge in [0.2, 0.25) is 0 Å². The molecule has 7 nitrogen and oxygen atoms in total. The lowest BCUT2D eigenvalue weighted by Crippen LogP contribution is -2.52. The molecule has 2 amide bonds. The zero-order valence-electron chi connectivity index (χ0n) is 11.6. The predicted molar refractivity (Wildman–Crippen MR) is 71.3 cm³/mol. The number of hydrogen-bond donors (Lipinski definition) is 3. The molecule has 0 saturated carbocycles. The standard InChI is InChI=1S/C13H20N2O5/c1-13(11(16)17,10-6-5-9-20-10)15-12(18)14-7-3-4-8-19-2/h5-6,9H,3-4,7-8H2,1-2H3,(H,16,17)(H2,14,15,18). The first-order valence-corrected chi connectivity index (χ1v) is 6.33. The van der Waals surface area contributed by atoms with Crippen LogP contribution in [0.15, 0.2) is 22.8 Å². The molecule has 0 aliphatic carbocycles. The van der Waals surface area contributed by atoms with E-state index in [2.05, 4.69) is 10.6 Å².